The van der Waals surface area contributed by atoms with Gasteiger partial charge in [-0.15, -0.1) is 0 Å². The van der Waals surface area contributed by atoms with Crippen molar-refractivity contribution in [2.75, 3.05) is 13.1 Å². The van der Waals surface area contributed by atoms with E-state index in [9.17, 15) is 4.79 Å². The van der Waals surface area contributed by atoms with Crippen molar-refractivity contribution in [1.29, 1.82) is 0 Å². The fourth-order valence-electron chi connectivity index (χ4n) is 4.91. The molecule has 1 aromatic rings. The van der Waals surface area contributed by atoms with Crippen LogP contribution in [0.15, 0.2) is 0 Å². The van der Waals surface area contributed by atoms with E-state index in [1.54, 1.807) is 0 Å². The van der Waals surface area contributed by atoms with Gasteiger partial charge in [-0.25, -0.2) is 0 Å². The van der Waals surface area contributed by atoms with Crippen molar-refractivity contribution in [1.82, 2.24) is 15.1 Å². The minimum atomic E-state index is -0.00895. The molecule has 0 aromatic carbocycles. The second-order valence-electron chi connectivity index (χ2n) is 7.79. The van der Waals surface area contributed by atoms with E-state index in [2.05, 4.69) is 22.0 Å². The maximum atomic E-state index is 13.1. The first kappa shape index (κ1) is 15.2. The van der Waals surface area contributed by atoms with Crippen molar-refractivity contribution < 1.29 is 9.53 Å². The molecule has 3 aliphatic rings. The minimum absolute atomic E-state index is 0.00895. The summed E-state index contributed by atoms with van der Waals surface area (Å²) < 4.78 is 5.83. The number of hydrogen-bond acceptors (Lipinski definition) is 3. The normalized spacial score (nSPS) is 29.7. The van der Waals surface area contributed by atoms with Gasteiger partial charge in [0.2, 0.25) is 0 Å². The van der Waals surface area contributed by atoms with Gasteiger partial charge in [-0.2, -0.15) is 5.10 Å². The number of hydrogen-bond donors (Lipinski definition) is 1. The van der Waals surface area contributed by atoms with Crippen LogP contribution in [-0.2, 0) is 11.2 Å². The molecule has 1 aromatic heterocycles. The molecule has 23 heavy (non-hydrogen) atoms. The number of carbonyl (C=O) groups is 1. The molecule has 5 heteroatoms. The zero-order chi connectivity index (χ0) is 16.0. The van der Waals surface area contributed by atoms with Crippen LogP contribution in [0.5, 0.6) is 0 Å². The van der Waals surface area contributed by atoms with Crippen molar-refractivity contribution >= 4 is 5.91 Å². The van der Waals surface area contributed by atoms with E-state index in [0.717, 1.165) is 37.2 Å². The SMILES string of the molecule is C[C@@H]1Cc2c(C(=O)N3CCCC4(CCCC4)C3)n[nH]c2[C@H](C)O1. The number of ether oxygens (including phenoxy) is 1. The Hall–Kier alpha value is -1.36. The zero-order valence-corrected chi connectivity index (χ0v) is 14.2. The van der Waals surface area contributed by atoms with E-state index in [0.29, 0.717) is 11.1 Å². The van der Waals surface area contributed by atoms with Gasteiger partial charge < -0.3 is 9.64 Å². The number of likely N-dealkylation sites (tertiary alicyclic amines) is 1. The van der Waals surface area contributed by atoms with E-state index in [-0.39, 0.29) is 18.1 Å². The molecular weight excluding hydrogens is 290 g/mol. The van der Waals surface area contributed by atoms with E-state index in [4.69, 9.17) is 4.74 Å². The molecule has 1 N–H and O–H groups in total. The van der Waals surface area contributed by atoms with Gasteiger partial charge in [0.1, 0.15) is 0 Å². The number of rotatable bonds is 1. The lowest BCUT2D eigenvalue weighted by molar-refractivity contribution is -0.00707. The molecule has 1 spiro atoms. The quantitative estimate of drug-likeness (QED) is 0.865. The van der Waals surface area contributed by atoms with Crippen molar-refractivity contribution in [2.24, 2.45) is 5.41 Å². The highest BCUT2D eigenvalue weighted by Crippen LogP contribution is 2.45. The summed E-state index contributed by atoms with van der Waals surface area (Å²) in [5, 5.41) is 7.43. The van der Waals surface area contributed by atoms with Gasteiger partial charge in [-0.3, -0.25) is 9.89 Å². The fraction of sp³-hybridized carbons (Fsp3) is 0.778. The van der Waals surface area contributed by atoms with Crippen LogP contribution < -0.4 is 0 Å². The summed E-state index contributed by atoms with van der Waals surface area (Å²) >= 11 is 0. The summed E-state index contributed by atoms with van der Waals surface area (Å²) in [4.78, 5) is 15.2. The van der Waals surface area contributed by atoms with Crippen LogP contribution in [0.2, 0.25) is 0 Å². The zero-order valence-electron chi connectivity index (χ0n) is 14.2. The van der Waals surface area contributed by atoms with Crippen LogP contribution in [0.1, 0.15) is 80.2 Å². The first-order valence-electron chi connectivity index (χ1n) is 9.10. The maximum Gasteiger partial charge on any atom is 0.274 e. The number of piperidine rings is 1. The molecule has 1 saturated heterocycles. The molecule has 4 rings (SSSR count). The number of nitrogens with one attached hydrogen (secondary N) is 1. The van der Waals surface area contributed by atoms with Gasteiger partial charge in [0.05, 0.1) is 17.9 Å². The van der Waals surface area contributed by atoms with Gasteiger partial charge in [0.25, 0.3) is 5.91 Å². The molecule has 1 amide bonds. The third-order valence-electron chi connectivity index (χ3n) is 6.05. The summed E-state index contributed by atoms with van der Waals surface area (Å²) in [5.41, 5.74) is 3.09. The summed E-state index contributed by atoms with van der Waals surface area (Å²) in [5.74, 6) is 0.120. The Morgan fingerprint density at radius 3 is 2.78 bits per heavy atom. The molecule has 126 valence electrons. The predicted octanol–water partition coefficient (Wildman–Crippen LogP) is 3.23. The molecule has 0 unspecified atom stereocenters. The van der Waals surface area contributed by atoms with Crippen molar-refractivity contribution in [3.8, 4) is 0 Å². The molecule has 1 aliphatic carbocycles. The molecule has 3 heterocycles. The fourth-order valence-corrected chi connectivity index (χ4v) is 4.91. The lowest BCUT2D eigenvalue weighted by atomic mass is 9.78. The van der Waals surface area contributed by atoms with Gasteiger partial charge in [0.15, 0.2) is 5.69 Å². The molecule has 0 radical (unpaired) electrons. The molecule has 1 saturated carbocycles. The first-order chi connectivity index (χ1) is 11.1. The van der Waals surface area contributed by atoms with E-state index >= 15 is 0 Å². The number of H-pyrrole nitrogens is 1. The molecule has 2 atom stereocenters. The van der Waals surface area contributed by atoms with E-state index in [1.807, 2.05) is 6.92 Å². The number of carbonyl (C=O) groups excluding carboxylic acids is 1. The monoisotopic (exact) mass is 317 g/mol. The Balaban J connectivity index is 1.58. The van der Waals surface area contributed by atoms with Crippen LogP contribution in [0.4, 0.5) is 0 Å². The summed E-state index contributed by atoms with van der Waals surface area (Å²) in [6.45, 7) is 5.89. The number of amides is 1. The molecule has 2 aliphatic heterocycles. The molecule has 0 bridgehead atoms. The largest absolute Gasteiger partial charge is 0.369 e. The Bertz CT molecular complexity index is 603. The van der Waals surface area contributed by atoms with Crippen molar-refractivity contribution in [2.45, 2.75) is 71.0 Å². The third kappa shape index (κ3) is 2.59. The van der Waals surface area contributed by atoms with Crippen LogP contribution in [0.3, 0.4) is 0 Å². The van der Waals surface area contributed by atoms with Gasteiger partial charge in [0, 0.05) is 25.1 Å². The highest BCUT2D eigenvalue weighted by Gasteiger charge is 2.40. The Labute approximate surface area is 137 Å². The first-order valence-corrected chi connectivity index (χ1v) is 9.10. The maximum absolute atomic E-state index is 13.1. The number of fused-ring (bicyclic) bond motifs is 1. The van der Waals surface area contributed by atoms with Crippen molar-refractivity contribution in [3.63, 3.8) is 0 Å². The average molecular weight is 317 g/mol. The van der Waals surface area contributed by atoms with Gasteiger partial charge in [-0.1, -0.05) is 12.8 Å². The van der Waals surface area contributed by atoms with Crippen LogP contribution >= 0.6 is 0 Å². The molecular formula is C18H27N3O2. The number of aromatic nitrogens is 2. The smallest absolute Gasteiger partial charge is 0.274 e. The van der Waals surface area contributed by atoms with Gasteiger partial charge >= 0.3 is 0 Å². The molecule has 5 nitrogen and oxygen atoms in total. The van der Waals surface area contributed by atoms with Crippen LogP contribution in [0.25, 0.3) is 0 Å². The van der Waals surface area contributed by atoms with Gasteiger partial charge in [-0.05, 0) is 44.9 Å². The second-order valence-corrected chi connectivity index (χ2v) is 7.79. The highest BCUT2D eigenvalue weighted by molar-refractivity contribution is 5.94. The Morgan fingerprint density at radius 2 is 2.00 bits per heavy atom. The van der Waals surface area contributed by atoms with E-state index in [1.165, 1.54) is 32.1 Å². The van der Waals surface area contributed by atoms with Crippen molar-refractivity contribution in [3.05, 3.63) is 17.0 Å². The Kier molecular flexibility index (Phi) is 3.71. The van der Waals surface area contributed by atoms with Crippen LogP contribution in [0, 0.1) is 5.41 Å². The molecule has 2 fully saturated rings. The number of nitrogens with zero attached hydrogens (tertiary/aromatic N) is 2. The third-order valence-corrected chi connectivity index (χ3v) is 6.05. The summed E-state index contributed by atoms with van der Waals surface area (Å²) in [6.07, 6.45) is 8.56. The minimum Gasteiger partial charge on any atom is -0.369 e. The van der Waals surface area contributed by atoms with E-state index < -0.39 is 0 Å². The average Bonchev–Trinajstić information content (AvgIpc) is 3.14. The summed E-state index contributed by atoms with van der Waals surface area (Å²) in [6, 6.07) is 0. The lowest BCUT2D eigenvalue weighted by Crippen LogP contribution is -2.45. The second kappa shape index (κ2) is 5.62. The summed E-state index contributed by atoms with van der Waals surface area (Å²) in [7, 11) is 0. The Morgan fingerprint density at radius 1 is 1.26 bits per heavy atom. The highest BCUT2D eigenvalue weighted by atomic mass is 16.5. The topological polar surface area (TPSA) is 58.2 Å². The predicted molar refractivity (Wildman–Crippen MR) is 87.3 cm³/mol. The van der Waals surface area contributed by atoms with Crippen LogP contribution in [-0.4, -0.2) is 40.2 Å². The lowest BCUT2D eigenvalue weighted by Gasteiger charge is -2.40. The number of aromatic amines is 1. The standard InChI is InChI=1S/C18H27N3O2/c1-12-10-14-15(13(2)23-12)19-20-16(14)17(22)21-9-5-8-18(11-21)6-3-4-7-18/h12-13H,3-11H2,1-2H3,(H,19,20)/t12-,13+/m1/s1.